The molecule has 0 fully saturated rings. The molecule has 0 saturated carbocycles. The number of benzene rings is 2. The van der Waals surface area contributed by atoms with Crippen LogP contribution in [0.5, 0.6) is 5.75 Å². The quantitative estimate of drug-likeness (QED) is 0.545. The van der Waals surface area contributed by atoms with Gasteiger partial charge >= 0.3 is 0 Å². The zero-order chi connectivity index (χ0) is 18.3. The standard InChI is InChI=1S/C21H20N2O2S/c1-3-15(22)12-4-6-13(7-5-12)18-17(25-2)9-8-16-19(18)14-10-11-26-20(14)21(24)23-16/h4-11,15H,3,22H2,1-2H3,(H,23,24)/t15-/m1/s1. The van der Waals surface area contributed by atoms with Crippen molar-refractivity contribution in [1.29, 1.82) is 0 Å². The van der Waals surface area contributed by atoms with Crippen LogP contribution in [0.2, 0.25) is 0 Å². The second-order valence-corrected chi connectivity index (χ2v) is 7.24. The summed E-state index contributed by atoms with van der Waals surface area (Å²) in [6.07, 6.45) is 0.897. The summed E-state index contributed by atoms with van der Waals surface area (Å²) in [6, 6.07) is 14.1. The second-order valence-electron chi connectivity index (χ2n) is 6.32. The maximum absolute atomic E-state index is 12.3. The normalized spacial score (nSPS) is 12.6. The van der Waals surface area contributed by atoms with Crippen LogP contribution in [-0.4, -0.2) is 12.1 Å². The van der Waals surface area contributed by atoms with Crippen molar-refractivity contribution in [2.45, 2.75) is 19.4 Å². The summed E-state index contributed by atoms with van der Waals surface area (Å²) in [4.78, 5) is 15.3. The zero-order valence-electron chi connectivity index (χ0n) is 14.7. The van der Waals surface area contributed by atoms with Crippen molar-refractivity contribution in [3.63, 3.8) is 0 Å². The highest BCUT2D eigenvalue weighted by atomic mass is 32.1. The molecule has 0 bridgehead atoms. The Morgan fingerprint density at radius 1 is 1.15 bits per heavy atom. The monoisotopic (exact) mass is 364 g/mol. The summed E-state index contributed by atoms with van der Waals surface area (Å²) in [5, 5.41) is 3.91. The lowest BCUT2D eigenvalue weighted by atomic mass is 9.95. The van der Waals surface area contributed by atoms with Crippen LogP contribution in [0.25, 0.3) is 32.1 Å². The highest BCUT2D eigenvalue weighted by Gasteiger charge is 2.16. The number of aromatic amines is 1. The van der Waals surface area contributed by atoms with Crippen LogP contribution < -0.4 is 16.0 Å². The molecule has 132 valence electrons. The van der Waals surface area contributed by atoms with Crippen LogP contribution in [0.15, 0.2) is 52.6 Å². The average molecular weight is 364 g/mol. The summed E-state index contributed by atoms with van der Waals surface area (Å²) in [6.45, 7) is 2.08. The molecule has 0 aliphatic rings. The third-order valence-electron chi connectivity index (χ3n) is 4.84. The minimum absolute atomic E-state index is 0.0402. The predicted octanol–water partition coefficient (Wildman–Crippen LogP) is 4.83. The van der Waals surface area contributed by atoms with Crippen molar-refractivity contribution in [2.75, 3.05) is 7.11 Å². The third-order valence-corrected chi connectivity index (χ3v) is 5.76. The van der Waals surface area contributed by atoms with Gasteiger partial charge < -0.3 is 15.5 Å². The fraction of sp³-hybridized carbons (Fsp3) is 0.190. The van der Waals surface area contributed by atoms with Gasteiger partial charge in [0.1, 0.15) is 10.4 Å². The van der Waals surface area contributed by atoms with Crippen molar-refractivity contribution < 1.29 is 4.74 Å². The molecular weight excluding hydrogens is 344 g/mol. The molecule has 0 aliphatic heterocycles. The van der Waals surface area contributed by atoms with Gasteiger partial charge in [0, 0.05) is 27.9 Å². The van der Waals surface area contributed by atoms with Crippen molar-refractivity contribution in [1.82, 2.24) is 4.98 Å². The zero-order valence-corrected chi connectivity index (χ0v) is 15.5. The van der Waals surface area contributed by atoms with Gasteiger partial charge in [0.05, 0.1) is 7.11 Å². The summed E-state index contributed by atoms with van der Waals surface area (Å²) >= 11 is 1.45. The molecule has 2 heterocycles. The maximum atomic E-state index is 12.3. The van der Waals surface area contributed by atoms with Crippen molar-refractivity contribution in [3.05, 3.63) is 63.8 Å². The van der Waals surface area contributed by atoms with Crippen LogP contribution in [0, 0.1) is 0 Å². The van der Waals surface area contributed by atoms with Gasteiger partial charge in [-0.2, -0.15) is 0 Å². The molecule has 0 saturated heterocycles. The molecule has 3 N–H and O–H groups in total. The summed E-state index contributed by atoms with van der Waals surface area (Å²) in [5.74, 6) is 0.782. The van der Waals surface area contributed by atoms with E-state index in [-0.39, 0.29) is 11.6 Å². The minimum Gasteiger partial charge on any atom is -0.496 e. The lowest BCUT2D eigenvalue weighted by molar-refractivity contribution is 0.417. The number of H-pyrrole nitrogens is 1. The van der Waals surface area contributed by atoms with E-state index < -0.39 is 0 Å². The first kappa shape index (κ1) is 16.8. The molecule has 5 heteroatoms. The minimum atomic E-state index is -0.0529. The molecule has 0 amide bonds. The number of methoxy groups -OCH3 is 1. The fourth-order valence-corrected chi connectivity index (χ4v) is 4.21. The maximum Gasteiger partial charge on any atom is 0.266 e. The Hall–Kier alpha value is -2.63. The first-order valence-electron chi connectivity index (χ1n) is 8.60. The van der Waals surface area contributed by atoms with E-state index in [1.54, 1.807) is 7.11 Å². The van der Waals surface area contributed by atoms with Gasteiger partial charge in [0.15, 0.2) is 0 Å². The van der Waals surface area contributed by atoms with Crippen LogP contribution in [0.3, 0.4) is 0 Å². The summed E-state index contributed by atoms with van der Waals surface area (Å²) in [5.41, 5.74) is 10.0. The number of hydrogen-bond acceptors (Lipinski definition) is 4. The van der Waals surface area contributed by atoms with Crippen LogP contribution in [0.1, 0.15) is 24.9 Å². The summed E-state index contributed by atoms with van der Waals surface area (Å²) in [7, 11) is 1.67. The molecule has 26 heavy (non-hydrogen) atoms. The Bertz CT molecular complexity index is 1140. The van der Waals surface area contributed by atoms with Gasteiger partial charge in [-0.1, -0.05) is 31.2 Å². The number of aromatic nitrogens is 1. The summed E-state index contributed by atoms with van der Waals surface area (Å²) < 4.78 is 6.38. The molecular formula is C21H20N2O2S. The highest BCUT2D eigenvalue weighted by molar-refractivity contribution is 7.17. The number of ether oxygens (including phenoxy) is 1. The molecule has 4 aromatic rings. The largest absolute Gasteiger partial charge is 0.496 e. The molecule has 2 aromatic carbocycles. The number of rotatable bonds is 4. The molecule has 0 aliphatic carbocycles. The molecule has 0 unspecified atom stereocenters. The molecule has 0 spiro atoms. The SMILES string of the molecule is CC[C@@H](N)c1ccc(-c2c(OC)ccc3[nH]c(=O)c4sccc4c23)cc1. The number of nitrogens with two attached hydrogens (primary N) is 1. The van der Waals surface area contributed by atoms with Gasteiger partial charge in [-0.15, -0.1) is 11.3 Å². The van der Waals surface area contributed by atoms with E-state index in [4.69, 9.17) is 10.5 Å². The molecule has 1 atom stereocenters. The van der Waals surface area contributed by atoms with Crippen molar-refractivity contribution >= 4 is 32.3 Å². The van der Waals surface area contributed by atoms with E-state index in [2.05, 4.69) is 36.2 Å². The second kappa shape index (κ2) is 6.59. The van der Waals surface area contributed by atoms with Gasteiger partial charge in [0.2, 0.25) is 0 Å². The van der Waals surface area contributed by atoms with Crippen LogP contribution >= 0.6 is 11.3 Å². The number of pyridine rings is 1. The van der Waals surface area contributed by atoms with Gasteiger partial charge in [-0.3, -0.25) is 4.79 Å². The number of hydrogen-bond donors (Lipinski definition) is 2. The van der Waals surface area contributed by atoms with E-state index >= 15 is 0 Å². The van der Waals surface area contributed by atoms with E-state index in [0.29, 0.717) is 0 Å². The number of thiophene rings is 1. The van der Waals surface area contributed by atoms with E-state index in [0.717, 1.165) is 49.8 Å². The Balaban J connectivity index is 2.04. The number of fused-ring (bicyclic) bond motifs is 3. The Kier molecular flexibility index (Phi) is 4.26. The van der Waals surface area contributed by atoms with Crippen LogP contribution in [-0.2, 0) is 0 Å². The Morgan fingerprint density at radius 2 is 1.92 bits per heavy atom. The predicted molar refractivity (Wildman–Crippen MR) is 109 cm³/mol. The smallest absolute Gasteiger partial charge is 0.266 e. The Morgan fingerprint density at radius 3 is 2.62 bits per heavy atom. The molecule has 4 rings (SSSR count). The number of nitrogens with one attached hydrogen (secondary N) is 1. The lowest BCUT2D eigenvalue weighted by Crippen LogP contribution is -2.08. The van der Waals surface area contributed by atoms with Gasteiger partial charge in [-0.25, -0.2) is 0 Å². The van der Waals surface area contributed by atoms with E-state index in [9.17, 15) is 4.79 Å². The molecule has 0 radical (unpaired) electrons. The van der Waals surface area contributed by atoms with Crippen LogP contribution in [0.4, 0.5) is 0 Å². The highest BCUT2D eigenvalue weighted by Crippen LogP contribution is 2.40. The lowest BCUT2D eigenvalue weighted by Gasteiger charge is -2.15. The first-order valence-corrected chi connectivity index (χ1v) is 9.48. The van der Waals surface area contributed by atoms with Gasteiger partial charge in [0.25, 0.3) is 5.56 Å². The first-order chi connectivity index (χ1) is 12.6. The molecule has 2 aromatic heterocycles. The fourth-order valence-electron chi connectivity index (χ4n) is 3.42. The Labute approximate surface area is 155 Å². The third kappa shape index (κ3) is 2.60. The van der Waals surface area contributed by atoms with Gasteiger partial charge in [-0.05, 0) is 41.1 Å². The topological polar surface area (TPSA) is 68.1 Å². The van der Waals surface area contributed by atoms with E-state index in [1.165, 1.54) is 11.3 Å². The van der Waals surface area contributed by atoms with Crippen molar-refractivity contribution in [3.8, 4) is 16.9 Å². The average Bonchev–Trinajstić information content (AvgIpc) is 3.17. The molecule has 4 nitrogen and oxygen atoms in total. The van der Waals surface area contributed by atoms with E-state index in [1.807, 2.05) is 23.6 Å². The van der Waals surface area contributed by atoms with Crippen molar-refractivity contribution in [2.24, 2.45) is 5.73 Å².